The zero-order chi connectivity index (χ0) is 9.35. The minimum absolute atomic E-state index is 0.190. The molecular weight excluding hydrogens is 196 g/mol. The van der Waals surface area contributed by atoms with Crippen LogP contribution in [-0.2, 0) is 9.84 Å². The Balaban J connectivity index is 3.43. The number of sulfone groups is 1. The first-order valence-corrected chi connectivity index (χ1v) is 5.50. The van der Waals surface area contributed by atoms with Crippen molar-refractivity contribution < 1.29 is 8.42 Å². The summed E-state index contributed by atoms with van der Waals surface area (Å²) in [6.45, 7) is 3.59. The number of rotatable bonds is 1. The van der Waals surface area contributed by atoms with Gasteiger partial charge in [-0.15, -0.1) is 0 Å². The van der Waals surface area contributed by atoms with Gasteiger partial charge in [0.05, 0.1) is 4.90 Å². The van der Waals surface area contributed by atoms with Crippen molar-refractivity contribution >= 4 is 21.4 Å². The van der Waals surface area contributed by atoms with Crippen LogP contribution in [0.5, 0.6) is 0 Å². The zero-order valence-electron chi connectivity index (χ0n) is 6.54. The highest BCUT2D eigenvalue weighted by Crippen LogP contribution is 2.19. The van der Waals surface area contributed by atoms with Gasteiger partial charge in [-0.2, -0.15) is 0 Å². The van der Waals surface area contributed by atoms with Crippen LogP contribution in [-0.4, -0.2) is 14.7 Å². The van der Waals surface area contributed by atoms with E-state index in [1.165, 1.54) is 6.07 Å². The molecule has 0 aromatic heterocycles. The Hall–Kier alpha value is -0.540. The molecule has 1 radical (unpaired) electrons. The van der Waals surface area contributed by atoms with Crippen LogP contribution in [0.1, 0.15) is 5.56 Å². The fourth-order valence-electron chi connectivity index (χ4n) is 0.874. The minimum atomic E-state index is -3.20. The summed E-state index contributed by atoms with van der Waals surface area (Å²) in [5.41, 5.74) is 0.474. The molecular formula is C8H8ClO2S. The Labute approximate surface area is 77.1 Å². The maximum absolute atomic E-state index is 11.1. The summed E-state index contributed by atoms with van der Waals surface area (Å²) < 4.78 is 22.2. The second-order valence-corrected chi connectivity index (χ2v) is 4.94. The molecule has 0 heterocycles. The summed E-state index contributed by atoms with van der Waals surface area (Å²) >= 11 is 5.63. The van der Waals surface area contributed by atoms with Crippen molar-refractivity contribution in [2.45, 2.75) is 4.90 Å². The maximum Gasteiger partial charge on any atom is 0.175 e. The van der Waals surface area contributed by atoms with E-state index in [0.29, 0.717) is 10.6 Å². The zero-order valence-corrected chi connectivity index (χ0v) is 8.11. The Morgan fingerprint density at radius 1 is 1.42 bits per heavy atom. The van der Waals surface area contributed by atoms with Gasteiger partial charge in [0, 0.05) is 11.3 Å². The Morgan fingerprint density at radius 3 is 2.42 bits per heavy atom. The van der Waals surface area contributed by atoms with Gasteiger partial charge in [0.2, 0.25) is 0 Å². The van der Waals surface area contributed by atoms with Crippen LogP contribution in [0.25, 0.3) is 0 Å². The third-order valence-electron chi connectivity index (χ3n) is 1.43. The molecule has 1 aromatic rings. The summed E-state index contributed by atoms with van der Waals surface area (Å²) in [5, 5.41) is 0.405. The van der Waals surface area contributed by atoms with Crippen molar-refractivity contribution in [3.63, 3.8) is 0 Å². The van der Waals surface area contributed by atoms with E-state index in [1.807, 2.05) is 0 Å². The van der Waals surface area contributed by atoms with Crippen molar-refractivity contribution in [2.24, 2.45) is 0 Å². The fraction of sp³-hybridized carbons (Fsp3) is 0.125. The molecule has 65 valence electrons. The molecule has 0 amide bonds. The monoisotopic (exact) mass is 203 g/mol. The molecule has 1 aromatic carbocycles. The SMILES string of the molecule is [CH2]c1ccc(Cl)cc1S(C)(=O)=O. The number of hydrogen-bond acceptors (Lipinski definition) is 2. The van der Waals surface area contributed by atoms with Crippen LogP contribution in [0, 0.1) is 6.92 Å². The highest BCUT2D eigenvalue weighted by atomic mass is 35.5. The molecule has 0 aliphatic carbocycles. The van der Waals surface area contributed by atoms with E-state index in [1.54, 1.807) is 12.1 Å². The summed E-state index contributed by atoms with van der Waals surface area (Å²) in [5.74, 6) is 0. The molecule has 0 bridgehead atoms. The lowest BCUT2D eigenvalue weighted by Gasteiger charge is -2.02. The van der Waals surface area contributed by atoms with Gasteiger partial charge in [-0.25, -0.2) is 8.42 Å². The van der Waals surface area contributed by atoms with Crippen LogP contribution in [0.3, 0.4) is 0 Å². The normalized spacial score (nSPS) is 11.6. The molecule has 0 saturated heterocycles. The topological polar surface area (TPSA) is 34.1 Å². The molecule has 0 fully saturated rings. The molecule has 0 aliphatic rings. The van der Waals surface area contributed by atoms with Gasteiger partial charge in [-0.3, -0.25) is 0 Å². The van der Waals surface area contributed by atoms with Gasteiger partial charge in [-0.05, 0) is 24.6 Å². The van der Waals surface area contributed by atoms with Gasteiger partial charge in [0.1, 0.15) is 0 Å². The standard InChI is InChI=1S/C8H8ClO2S/c1-6-3-4-7(9)5-8(6)12(2,10)11/h3-5H,1H2,2H3. The number of hydrogen-bond donors (Lipinski definition) is 0. The van der Waals surface area contributed by atoms with Crippen LogP contribution < -0.4 is 0 Å². The van der Waals surface area contributed by atoms with Gasteiger partial charge in [0.25, 0.3) is 0 Å². The molecule has 0 aliphatic heterocycles. The highest BCUT2D eigenvalue weighted by molar-refractivity contribution is 7.90. The van der Waals surface area contributed by atoms with Crippen LogP contribution in [0.2, 0.25) is 5.02 Å². The minimum Gasteiger partial charge on any atom is -0.224 e. The molecule has 0 saturated carbocycles. The number of benzene rings is 1. The maximum atomic E-state index is 11.1. The first kappa shape index (κ1) is 9.55. The van der Waals surface area contributed by atoms with Crippen molar-refractivity contribution in [3.8, 4) is 0 Å². The average Bonchev–Trinajstić information content (AvgIpc) is 1.92. The molecule has 0 spiro atoms. The Morgan fingerprint density at radius 2 is 2.00 bits per heavy atom. The molecule has 0 unspecified atom stereocenters. The van der Waals surface area contributed by atoms with E-state index in [0.717, 1.165) is 6.26 Å². The summed E-state index contributed by atoms with van der Waals surface area (Å²) in [6, 6.07) is 4.59. The summed E-state index contributed by atoms with van der Waals surface area (Å²) in [4.78, 5) is 0.190. The first-order valence-electron chi connectivity index (χ1n) is 3.23. The van der Waals surface area contributed by atoms with Gasteiger partial charge < -0.3 is 0 Å². The summed E-state index contributed by atoms with van der Waals surface area (Å²) in [7, 11) is -3.20. The second-order valence-electron chi connectivity index (χ2n) is 2.52. The lowest BCUT2D eigenvalue weighted by Crippen LogP contribution is -1.99. The van der Waals surface area contributed by atoms with Crippen LogP contribution in [0.4, 0.5) is 0 Å². The van der Waals surface area contributed by atoms with E-state index < -0.39 is 9.84 Å². The van der Waals surface area contributed by atoms with Crippen molar-refractivity contribution in [2.75, 3.05) is 6.26 Å². The quantitative estimate of drug-likeness (QED) is 0.699. The first-order chi connectivity index (χ1) is 5.41. The lowest BCUT2D eigenvalue weighted by atomic mass is 10.2. The average molecular weight is 204 g/mol. The van der Waals surface area contributed by atoms with E-state index in [2.05, 4.69) is 6.92 Å². The third-order valence-corrected chi connectivity index (χ3v) is 2.84. The third kappa shape index (κ3) is 1.99. The van der Waals surface area contributed by atoms with Gasteiger partial charge in [0.15, 0.2) is 9.84 Å². The number of halogens is 1. The van der Waals surface area contributed by atoms with Gasteiger partial charge in [-0.1, -0.05) is 17.7 Å². The van der Waals surface area contributed by atoms with E-state index in [-0.39, 0.29) is 4.90 Å². The van der Waals surface area contributed by atoms with Crippen molar-refractivity contribution in [3.05, 3.63) is 35.7 Å². The largest absolute Gasteiger partial charge is 0.224 e. The fourth-order valence-corrected chi connectivity index (χ4v) is 2.00. The van der Waals surface area contributed by atoms with Gasteiger partial charge >= 0.3 is 0 Å². The Kier molecular flexibility index (Phi) is 2.44. The molecule has 0 N–H and O–H groups in total. The smallest absolute Gasteiger partial charge is 0.175 e. The lowest BCUT2D eigenvalue weighted by molar-refractivity contribution is 0.601. The van der Waals surface area contributed by atoms with Crippen molar-refractivity contribution in [1.82, 2.24) is 0 Å². The van der Waals surface area contributed by atoms with E-state index >= 15 is 0 Å². The van der Waals surface area contributed by atoms with Crippen molar-refractivity contribution in [1.29, 1.82) is 0 Å². The predicted octanol–water partition coefficient (Wildman–Crippen LogP) is 1.93. The van der Waals surface area contributed by atoms with E-state index in [9.17, 15) is 8.42 Å². The van der Waals surface area contributed by atoms with E-state index in [4.69, 9.17) is 11.6 Å². The molecule has 1 rings (SSSR count). The molecule has 12 heavy (non-hydrogen) atoms. The summed E-state index contributed by atoms with van der Waals surface area (Å²) in [6.07, 6.45) is 1.13. The highest BCUT2D eigenvalue weighted by Gasteiger charge is 2.10. The second kappa shape index (κ2) is 3.07. The molecule has 4 heteroatoms. The van der Waals surface area contributed by atoms with Crippen LogP contribution in [0.15, 0.2) is 23.1 Å². The molecule has 2 nitrogen and oxygen atoms in total. The van der Waals surface area contributed by atoms with Crippen LogP contribution >= 0.6 is 11.6 Å². The molecule has 0 atom stereocenters. The predicted molar refractivity (Wildman–Crippen MR) is 49.0 cm³/mol. The Bertz CT molecular complexity index is 396.